The summed E-state index contributed by atoms with van der Waals surface area (Å²) in [7, 11) is 1.61. The van der Waals surface area contributed by atoms with Crippen LogP contribution in [0.1, 0.15) is 36.7 Å². The van der Waals surface area contributed by atoms with Crippen molar-refractivity contribution in [1.82, 2.24) is 4.98 Å². The van der Waals surface area contributed by atoms with Crippen LogP contribution >= 0.6 is 0 Å². The molecule has 144 valence electrons. The quantitative estimate of drug-likeness (QED) is 0.628. The van der Waals surface area contributed by atoms with E-state index in [-0.39, 0.29) is 11.3 Å². The third-order valence-corrected chi connectivity index (χ3v) is 4.39. The van der Waals surface area contributed by atoms with E-state index in [4.69, 9.17) is 4.74 Å². The summed E-state index contributed by atoms with van der Waals surface area (Å²) in [6.45, 7) is 6.55. The van der Waals surface area contributed by atoms with Gasteiger partial charge in [-0.25, -0.2) is 4.98 Å². The third kappa shape index (κ3) is 4.88. The van der Waals surface area contributed by atoms with Gasteiger partial charge in [-0.3, -0.25) is 4.79 Å². The number of amides is 1. The first-order chi connectivity index (χ1) is 13.3. The summed E-state index contributed by atoms with van der Waals surface area (Å²) in [5.74, 6) is 1.16. The number of carbonyl (C=O) groups is 1. The molecule has 0 bridgehead atoms. The molecule has 5 nitrogen and oxygen atoms in total. The summed E-state index contributed by atoms with van der Waals surface area (Å²) in [5.41, 5.74) is 3.53. The van der Waals surface area contributed by atoms with Gasteiger partial charge in [0.2, 0.25) is 0 Å². The molecule has 1 aromatic heterocycles. The zero-order valence-electron chi connectivity index (χ0n) is 16.6. The van der Waals surface area contributed by atoms with E-state index in [1.807, 2.05) is 12.1 Å². The van der Waals surface area contributed by atoms with Crippen LogP contribution in [0.3, 0.4) is 0 Å². The molecule has 1 heterocycles. The highest BCUT2D eigenvalue weighted by Crippen LogP contribution is 2.25. The molecule has 0 saturated carbocycles. The first kappa shape index (κ1) is 19.4. The van der Waals surface area contributed by atoms with Gasteiger partial charge in [0, 0.05) is 23.1 Å². The summed E-state index contributed by atoms with van der Waals surface area (Å²) in [6, 6.07) is 18.9. The van der Waals surface area contributed by atoms with Crippen molar-refractivity contribution in [2.45, 2.75) is 26.2 Å². The average molecular weight is 375 g/mol. The van der Waals surface area contributed by atoms with Gasteiger partial charge in [-0.15, -0.1) is 0 Å². The van der Waals surface area contributed by atoms with Crippen molar-refractivity contribution in [3.63, 3.8) is 0 Å². The summed E-state index contributed by atoms with van der Waals surface area (Å²) in [5, 5.41) is 6.12. The predicted molar refractivity (Wildman–Crippen MR) is 114 cm³/mol. The number of hydrogen-bond acceptors (Lipinski definition) is 4. The minimum atomic E-state index is -0.196. The Balaban J connectivity index is 1.70. The van der Waals surface area contributed by atoms with Crippen LogP contribution < -0.4 is 15.4 Å². The molecule has 0 radical (unpaired) electrons. The average Bonchev–Trinajstić information content (AvgIpc) is 2.68. The van der Waals surface area contributed by atoms with Gasteiger partial charge >= 0.3 is 0 Å². The maximum absolute atomic E-state index is 12.5. The zero-order valence-corrected chi connectivity index (χ0v) is 16.6. The van der Waals surface area contributed by atoms with Crippen LogP contribution in [0.4, 0.5) is 17.2 Å². The Labute approximate surface area is 165 Å². The Hall–Kier alpha value is -3.34. The fourth-order valence-corrected chi connectivity index (χ4v) is 2.72. The van der Waals surface area contributed by atoms with Crippen LogP contribution in [0, 0.1) is 0 Å². The number of nitrogens with zero attached hydrogens (tertiary/aromatic N) is 1. The number of rotatable bonds is 5. The van der Waals surface area contributed by atoms with Gasteiger partial charge in [0.05, 0.1) is 7.11 Å². The molecular weight excluding hydrogens is 350 g/mol. The second kappa shape index (κ2) is 8.13. The topological polar surface area (TPSA) is 63.2 Å². The van der Waals surface area contributed by atoms with Gasteiger partial charge in [0.15, 0.2) is 0 Å². The maximum atomic E-state index is 12.5. The molecule has 1 amide bonds. The van der Waals surface area contributed by atoms with Gasteiger partial charge in [-0.1, -0.05) is 32.9 Å². The molecule has 28 heavy (non-hydrogen) atoms. The molecule has 0 unspecified atom stereocenters. The largest absolute Gasteiger partial charge is 0.497 e. The third-order valence-electron chi connectivity index (χ3n) is 4.39. The van der Waals surface area contributed by atoms with Crippen LogP contribution in [0.15, 0.2) is 66.9 Å². The molecule has 2 aromatic carbocycles. The smallest absolute Gasteiger partial charge is 0.255 e. The molecule has 5 heteroatoms. The fraction of sp³-hybridized carbons (Fsp3) is 0.217. The number of benzene rings is 2. The van der Waals surface area contributed by atoms with Crippen LogP contribution in [-0.4, -0.2) is 18.0 Å². The molecular formula is C23H25N3O2. The van der Waals surface area contributed by atoms with E-state index in [1.165, 1.54) is 5.56 Å². The number of hydrogen-bond donors (Lipinski definition) is 2. The maximum Gasteiger partial charge on any atom is 0.255 e. The van der Waals surface area contributed by atoms with Gasteiger partial charge in [-0.2, -0.15) is 0 Å². The van der Waals surface area contributed by atoms with E-state index >= 15 is 0 Å². The Morgan fingerprint density at radius 2 is 1.57 bits per heavy atom. The molecule has 2 N–H and O–H groups in total. The minimum Gasteiger partial charge on any atom is -0.497 e. The van der Waals surface area contributed by atoms with E-state index in [0.29, 0.717) is 17.1 Å². The highest BCUT2D eigenvalue weighted by atomic mass is 16.5. The van der Waals surface area contributed by atoms with Gasteiger partial charge in [0.25, 0.3) is 5.91 Å². The van der Waals surface area contributed by atoms with E-state index < -0.39 is 0 Å². The first-order valence-corrected chi connectivity index (χ1v) is 9.14. The summed E-state index contributed by atoms with van der Waals surface area (Å²) >= 11 is 0. The van der Waals surface area contributed by atoms with Crippen LogP contribution in [-0.2, 0) is 5.41 Å². The molecule has 0 spiro atoms. The van der Waals surface area contributed by atoms with Crippen molar-refractivity contribution >= 4 is 23.1 Å². The minimum absolute atomic E-state index is 0.107. The number of aromatic nitrogens is 1. The normalized spacial score (nSPS) is 11.0. The Bertz CT molecular complexity index is 943. The summed E-state index contributed by atoms with van der Waals surface area (Å²) < 4.78 is 5.13. The molecule has 3 aromatic rings. The van der Waals surface area contributed by atoms with Crippen molar-refractivity contribution in [3.8, 4) is 5.75 Å². The molecule has 0 aliphatic carbocycles. The molecule has 3 rings (SSSR count). The van der Waals surface area contributed by atoms with E-state index in [1.54, 1.807) is 49.7 Å². The van der Waals surface area contributed by atoms with Crippen LogP contribution in [0.25, 0.3) is 0 Å². The molecule has 0 saturated heterocycles. The van der Waals surface area contributed by atoms with Crippen LogP contribution in [0.5, 0.6) is 5.75 Å². The SMILES string of the molecule is COc1ccc(NC(=O)c2ccnc(Nc3ccc(C(C)(C)C)cc3)c2)cc1. The number of ether oxygens (including phenoxy) is 1. The molecule has 0 fully saturated rings. The van der Waals surface area contributed by atoms with E-state index in [0.717, 1.165) is 11.4 Å². The zero-order chi connectivity index (χ0) is 20.1. The lowest BCUT2D eigenvalue weighted by molar-refractivity contribution is 0.102. The van der Waals surface area contributed by atoms with Crippen molar-refractivity contribution in [3.05, 3.63) is 78.0 Å². The van der Waals surface area contributed by atoms with E-state index in [2.05, 4.69) is 48.5 Å². The lowest BCUT2D eigenvalue weighted by Gasteiger charge is -2.19. The van der Waals surface area contributed by atoms with Gasteiger partial charge < -0.3 is 15.4 Å². The first-order valence-electron chi connectivity index (χ1n) is 9.14. The number of methoxy groups -OCH3 is 1. The Morgan fingerprint density at radius 3 is 2.18 bits per heavy atom. The fourth-order valence-electron chi connectivity index (χ4n) is 2.72. The van der Waals surface area contributed by atoms with Crippen molar-refractivity contribution < 1.29 is 9.53 Å². The van der Waals surface area contributed by atoms with E-state index in [9.17, 15) is 4.79 Å². The second-order valence-electron chi connectivity index (χ2n) is 7.56. The monoisotopic (exact) mass is 375 g/mol. The Morgan fingerprint density at radius 1 is 0.929 bits per heavy atom. The lowest BCUT2D eigenvalue weighted by atomic mass is 9.87. The van der Waals surface area contributed by atoms with Crippen LogP contribution in [0.2, 0.25) is 0 Å². The van der Waals surface area contributed by atoms with Crippen molar-refractivity contribution in [2.75, 3.05) is 17.7 Å². The number of pyridine rings is 1. The lowest BCUT2D eigenvalue weighted by Crippen LogP contribution is -2.12. The van der Waals surface area contributed by atoms with Gasteiger partial charge in [-0.05, 0) is 59.5 Å². The Kier molecular flexibility index (Phi) is 5.64. The van der Waals surface area contributed by atoms with Crippen molar-refractivity contribution in [1.29, 1.82) is 0 Å². The standard InChI is InChI=1S/C23H25N3O2/c1-23(2,3)17-5-7-18(8-6-17)25-21-15-16(13-14-24-21)22(27)26-19-9-11-20(28-4)12-10-19/h5-15H,1-4H3,(H,24,25)(H,26,27). The number of anilines is 3. The summed E-state index contributed by atoms with van der Waals surface area (Å²) in [6.07, 6.45) is 1.62. The van der Waals surface area contributed by atoms with Crippen molar-refractivity contribution in [2.24, 2.45) is 0 Å². The van der Waals surface area contributed by atoms with Gasteiger partial charge in [0.1, 0.15) is 11.6 Å². The highest BCUT2D eigenvalue weighted by Gasteiger charge is 2.13. The number of carbonyl (C=O) groups excluding carboxylic acids is 1. The summed E-state index contributed by atoms with van der Waals surface area (Å²) in [4.78, 5) is 16.8. The highest BCUT2D eigenvalue weighted by molar-refractivity contribution is 6.04. The molecule has 0 aliphatic rings. The predicted octanol–water partition coefficient (Wildman–Crippen LogP) is 5.38. The number of nitrogens with one attached hydrogen (secondary N) is 2. The molecule has 0 atom stereocenters. The molecule has 0 aliphatic heterocycles. The second-order valence-corrected chi connectivity index (χ2v) is 7.56.